The van der Waals surface area contributed by atoms with Gasteiger partial charge in [0.1, 0.15) is 11.6 Å². The van der Waals surface area contributed by atoms with E-state index in [1.54, 1.807) is 6.20 Å². The third-order valence-electron chi connectivity index (χ3n) is 2.88. The first kappa shape index (κ1) is 13.6. The number of aromatic amines is 1. The van der Waals surface area contributed by atoms with Gasteiger partial charge >= 0.3 is 0 Å². The van der Waals surface area contributed by atoms with Crippen molar-refractivity contribution in [3.63, 3.8) is 0 Å². The monoisotopic (exact) mass is 259 g/mol. The SMILES string of the molecule is CC(C)Oc1ccc(C(C)NCc2ncc[nH]2)cc1. The van der Waals surface area contributed by atoms with Crippen molar-refractivity contribution in [2.24, 2.45) is 0 Å². The van der Waals surface area contributed by atoms with E-state index in [9.17, 15) is 0 Å². The number of hydrogen-bond acceptors (Lipinski definition) is 3. The molecule has 0 saturated carbocycles. The third-order valence-corrected chi connectivity index (χ3v) is 2.88. The molecule has 0 spiro atoms. The van der Waals surface area contributed by atoms with Crippen LogP contribution in [0.4, 0.5) is 0 Å². The fraction of sp³-hybridized carbons (Fsp3) is 0.400. The number of benzene rings is 1. The molecule has 0 saturated heterocycles. The second-order valence-corrected chi connectivity index (χ2v) is 4.87. The topological polar surface area (TPSA) is 49.9 Å². The molecular formula is C15H21N3O. The summed E-state index contributed by atoms with van der Waals surface area (Å²) in [6, 6.07) is 8.49. The molecule has 0 fully saturated rings. The Morgan fingerprint density at radius 1 is 1.21 bits per heavy atom. The van der Waals surface area contributed by atoms with Crippen molar-refractivity contribution >= 4 is 0 Å². The van der Waals surface area contributed by atoms with E-state index >= 15 is 0 Å². The van der Waals surface area contributed by atoms with Crippen LogP contribution in [0.1, 0.15) is 38.2 Å². The Morgan fingerprint density at radius 2 is 1.95 bits per heavy atom. The Hall–Kier alpha value is -1.81. The zero-order valence-corrected chi connectivity index (χ0v) is 11.7. The minimum Gasteiger partial charge on any atom is -0.491 e. The van der Waals surface area contributed by atoms with E-state index in [1.165, 1.54) is 5.56 Å². The van der Waals surface area contributed by atoms with Crippen molar-refractivity contribution in [3.05, 3.63) is 48.0 Å². The Bertz CT molecular complexity index is 477. The van der Waals surface area contributed by atoms with Crippen LogP contribution in [-0.4, -0.2) is 16.1 Å². The number of rotatable bonds is 6. The molecule has 1 atom stereocenters. The molecule has 2 aromatic rings. The average Bonchev–Trinajstić information content (AvgIpc) is 2.89. The molecule has 4 nitrogen and oxygen atoms in total. The highest BCUT2D eigenvalue weighted by Gasteiger charge is 2.06. The van der Waals surface area contributed by atoms with Gasteiger partial charge in [-0.25, -0.2) is 4.98 Å². The second kappa shape index (κ2) is 6.38. The summed E-state index contributed by atoms with van der Waals surface area (Å²) >= 11 is 0. The first-order valence-electron chi connectivity index (χ1n) is 6.63. The summed E-state index contributed by atoms with van der Waals surface area (Å²) in [6.45, 7) is 6.93. The zero-order chi connectivity index (χ0) is 13.7. The van der Waals surface area contributed by atoms with Gasteiger partial charge in [-0.1, -0.05) is 12.1 Å². The van der Waals surface area contributed by atoms with E-state index in [1.807, 2.05) is 32.2 Å². The highest BCUT2D eigenvalue weighted by atomic mass is 16.5. The van der Waals surface area contributed by atoms with E-state index in [0.29, 0.717) is 0 Å². The Balaban J connectivity index is 1.90. The highest BCUT2D eigenvalue weighted by Crippen LogP contribution is 2.18. The zero-order valence-electron chi connectivity index (χ0n) is 11.7. The number of aromatic nitrogens is 2. The van der Waals surface area contributed by atoms with Crippen molar-refractivity contribution in [3.8, 4) is 5.75 Å². The van der Waals surface area contributed by atoms with Gasteiger partial charge in [0.2, 0.25) is 0 Å². The lowest BCUT2D eigenvalue weighted by Crippen LogP contribution is -2.18. The second-order valence-electron chi connectivity index (χ2n) is 4.87. The number of H-pyrrole nitrogens is 1. The lowest BCUT2D eigenvalue weighted by molar-refractivity contribution is 0.242. The van der Waals surface area contributed by atoms with Crippen LogP contribution in [0.15, 0.2) is 36.7 Å². The van der Waals surface area contributed by atoms with E-state index in [0.717, 1.165) is 18.1 Å². The molecule has 1 aromatic heterocycles. The first-order valence-corrected chi connectivity index (χ1v) is 6.63. The van der Waals surface area contributed by atoms with Gasteiger partial charge in [-0.3, -0.25) is 0 Å². The van der Waals surface area contributed by atoms with Gasteiger partial charge in [0, 0.05) is 18.4 Å². The van der Waals surface area contributed by atoms with Crippen LogP contribution >= 0.6 is 0 Å². The molecule has 2 rings (SSSR count). The molecule has 0 bridgehead atoms. The number of nitrogens with zero attached hydrogens (tertiary/aromatic N) is 1. The van der Waals surface area contributed by atoms with E-state index < -0.39 is 0 Å². The van der Waals surface area contributed by atoms with Crippen molar-refractivity contribution < 1.29 is 4.74 Å². The van der Waals surface area contributed by atoms with Crippen LogP contribution in [0.25, 0.3) is 0 Å². The Morgan fingerprint density at radius 3 is 2.53 bits per heavy atom. The highest BCUT2D eigenvalue weighted by molar-refractivity contribution is 5.29. The summed E-state index contributed by atoms with van der Waals surface area (Å²) in [4.78, 5) is 7.27. The standard InChI is InChI=1S/C15H21N3O/c1-11(2)19-14-6-4-13(5-7-14)12(3)18-10-15-16-8-9-17-15/h4-9,11-12,18H,10H2,1-3H3,(H,16,17). The number of hydrogen-bond donors (Lipinski definition) is 2. The molecule has 19 heavy (non-hydrogen) atoms. The molecule has 2 N–H and O–H groups in total. The van der Waals surface area contributed by atoms with Gasteiger partial charge in [0.25, 0.3) is 0 Å². The molecule has 0 aliphatic rings. The lowest BCUT2D eigenvalue weighted by Gasteiger charge is -2.15. The molecule has 0 amide bonds. The molecule has 0 radical (unpaired) electrons. The van der Waals surface area contributed by atoms with Gasteiger partial charge in [-0.15, -0.1) is 0 Å². The van der Waals surface area contributed by atoms with E-state index in [4.69, 9.17) is 4.74 Å². The van der Waals surface area contributed by atoms with Crippen molar-refractivity contribution in [1.82, 2.24) is 15.3 Å². The maximum absolute atomic E-state index is 5.63. The Kier molecular flexibility index (Phi) is 4.58. The fourth-order valence-electron chi connectivity index (χ4n) is 1.87. The summed E-state index contributed by atoms with van der Waals surface area (Å²) < 4.78 is 5.63. The van der Waals surface area contributed by atoms with Gasteiger partial charge in [0.15, 0.2) is 0 Å². The van der Waals surface area contributed by atoms with Crippen LogP contribution < -0.4 is 10.1 Å². The van der Waals surface area contributed by atoms with E-state index in [-0.39, 0.29) is 12.1 Å². The van der Waals surface area contributed by atoms with Crippen molar-refractivity contribution in [2.45, 2.75) is 39.5 Å². The lowest BCUT2D eigenvalue weighted by atomic mass is 10.1. The van der Waals surface area contributed by atoms with Gasteiger partial charge in [0.05, 0.1) is 12.6 Å². The summed E-state index contributed by atoms with van der Waals surface area (Å²) in [6.07, 6.45) is 3.81. The van der Waals surface area contributed by atoms with Gasteiger partial charge < -0.3 is 15.0 Å². The normalized spacial score (nSPS) is 12.6. The van der Waals surface area contributed by atoms with Crippen LogP contribution in [0.2, 0.25) is 0 Å². The smallest absolute Gasteiger partial charge is 0.120 e. The van der Waals surface area contributed by atoms with E-state index in [2.05, 4.69) is 34.3 Å². The quantitative estimate of drug-likeness (QED) is 0.838. The molecule has 0 aliphatic heterocycles. The number of imidazole rings is 1. The molecule has 102 valence electrons. The third kappa shape index (κ3) is 4.10. The minimum absolute atomic E-state index is 0.209. The molecule has 0 aliphatic carbocycles. The van der Waals surface area contributed by atoms with Crippen molar-refractivity contribution in [2.75, 3.05) is 0 Å². The molecule has 4 heteroatoms. The number of nitrogens with one attached hydrogen (secondary N) is 2. The first-order chi connectivity index (χ1) is 9.15. The van der Waals surface area contributed by atoms with Gasteiger partial charge in [-0.2, -0.15) is 0 Å². The van der Waals surface area contributed by atoms with Gasteiger partial charge in [-0.05, 0) is 38.5 Å². The fourth-order valence-corrected chi connectivity index (χ4v) is 1.87. The maximum Gasteiger partial charge on any atom is 0.120 e. The van der Waals surface area contributed by atoms with Crippen molar-refractivity contribution in [1.29, 1.82) is 0 Å². The molecular weight excluding hydrogens is 238 g/mol. The molecule has 1 heterocycles. The Labute approximate surface area is 114 Å². The summed E-state index contributed by atoms with van der Waals surface area (Å²) in [7, 11) is 0. The molecule has 1 aromatic carbocycles. The van der Waals surface area contributed by atoms with Crippen LogP contribution in [0, 0.1) is 0 Å². The maximum atomic E-state index is 5.63. The largest absolute Gasteiger partial charge is 0.491 e. The van der Waals surface area contributed by atoms with Crippen LogP contribution in [0.3, 0.4) is 0 Å². The molecule has 1 unspecified atom stereocenters. The van der Waals surface area contributed by atoms with Crippen LogP contribution in [0.5, 0.6) is 5.75 Å². The predicted octanol–water partition coefficient (Wildman–Crippen LogP) is 3.05. The summed E-state index contributed by atoms with van der Waals surface area (Å²) in [5.74, 6) is 1.86. The van der Waals surface area contributed by atoms with Crippen LogP contribution in [-0.2, 0) is 6.54 Å². The minimum atomic E-state index is 0.209. The summed E-state index contributed by atoms with van der Waals surface area (Å²) in [5, 5.41) is 3.43. The average molecular weight is 259 g/mol. The number of ether oxygens (including phenoxy) is 1. The summed E-state index contributed by atoms with van der Waals surface area (Å²) in [5.41, 5.74) is 1.24. The predicted molar refractivity (Wildman–Crippen MR) is 76.0 cm³/mol.